The van der Waals surface area contributed by atoms with Gasteiger partial charge in [-0.05, 0) is 66.2 Å². The van der Waals surface area contributed by atoms with Crippen LogP contribution in [0.2, 0.25) is 5.02 Å². The second-order valence-electron chi connectivity index (χ2n) is 6.98. The Labute approximate surface area is 204 Å². The van der Waals surface area contributed by atoms with E-state index in [1.807, 2.05) is 41.0 Å². The molecule has 1 N–H and O–H groups in total. The molecule has 10 heteroatoms. The molecule has 1 amide bonds. The molecule has 7 nitrogen and oxygen atoms in total. The van der Waals surface area contributed by atoms with Gasteiger partial charge in [-0.25, -0.2) is 9.82 Å². The van der Waals surface area contributed by atoms with Crippen molar-refractivity contribution in [1.82, 2.24) is 20.2 Å². The quantitative estimate of drug-likeness (QED) is 0.212. The minimum absolute atomic E-state index is 0.0504. The predicted octanol–water partition coefficient (Wildman–Crippen LogP) is 4.98. The molecule has 0 radical (unpaired) electrons. The van der Waals surface area contributed by atoms with Crippen LogP contribution in [0.15, 0.2) is 83.1 Å². The van der Waals surface area contributed by atoms with Gasteiger partial charge in [0.25, 0.3) is 5.91 Å². The zero-order valence-corrected chi connectivity index (χ0v) is 19.6. The summed E-state index contributed by atoms with van der Waals surface area (Å²) in [6.45, 7) is 0. The van der Waals surface area contributed by atoms with Crippen LogP contribution < -0.4 is 10.2 Å². The smallest absolute Gasteiger partial charge is 0.250 e. The summed E-state index contributed by atoms with van der Waals surface area (Å²) in [5.74, 6) is 0.673. The molecular formula is C24H19ClFN5O2S. The van der Waals surface area contributed by atoms with Crippen LogP contribution in [0.25, 0.3) is 17.1 Å². The molecule has 0 fully saturated rings. The maximum absolute atomic E-state index is 13.2. The van der Waals surface area contributed by atoms with Gasteiger partial charge in [0.15, 0.2) is 11.0 Å². The van der Waals surface area contributed by atoms with Gasteiger partial charge in [-0.2, -0.15) is 5.10 Å². The van der Waals surface area contributed by atoms with Gasteiger partial charge in [-0.3, -0.25) is 9.36 Å². The number of nitrogens with one attached hydrogen (secondary N) is 1. The van der Waals surface area contributed by atoms with Crippen LogP contribution in [0.5, 0.6) is 5.75 Å². The van der Waals surface area contributed by atoms with Gasteiger partial charge in [0, 0.05) is 16.3 Å². The number of thioether (sulfide) groups is 1. The standard InChI is InChI=1S/C24H19ClFN5O2S/c1-33-21-11-5-17(6-12-21)23-29-30-24(31(23)20-9-7-18(25)8-10-20)34-15-22(32)28-27-14-16-3-2-4-19(26)13-16/h2-14H,15H2,1H3,(H,28,32)/b27-14+. The van der Waals surface area contributed by atoms with Crippen LogP contribution >= 0.6 is 23.4 Å². The lowest BCUT2D eigenvalue weighted by molar-refractivity contribution is -0.118. The molecular weight excluding hydrogens is 477 g/mol. The first-order chi connectivity index (χ1) is 16.5. The molecule has 0 saturated heterocycles. The molecule has 0 spiro atoms. The maximum Gasteiger partial charge on any atom is 0.250 e. The third-order valence-corrected chi connectivity index (χ3v) is 5.83. The normalized spacial score (nSPS) is 11.0. The largest absolute Gasteiger partial charge is 0.497 e. The molecule has 1 aromatic heterocycles. The molecule has 3 aromatic carbocycles. The van der Waals surface area contributed by atoms with E-state index in [0.717, 1.165) is 17.0 Å². The molecule has 1 heterocycles. The summed E-state index contributed by atoms with van der Waals surface area (Å²) in [4.78, 5) is 12.3. The van der Waals surface area contributed by atoms with Crippen molar-refractivity contribution in [2.45, 2.75) is 5.16 Å². The lowest BCUT2D eigenvalue weighted by Gasteiger charge is -2.11. The molecule has 0 aliphatic rings. The highest BCUT2D eigenvalue weighted by Crippen LogP contribution is 2.29. The lowest BCUT2D eigenvalue weighted by Crippen LogP contribution is -2.20. The number of methoxy groups -OCH3 is 1. The number of carbonyl (C=O) groups is 1. The fourth-order valence-electron chi connectivity index (χ4n) is 3.04. The summed E-state index contributed by atoms with van der Waals surface area (Å²) < 4.78 is 20.3. The molecule has 0 unspecified atom stereocenters. The summed E-state index contributed by atoms with van der Waals surface area (Å²) in [6.07, 6.45) is 1.38. The van der Waals surface area contributed by atoms with Crippen molar-refractivity contribution < 1.29 is 13.9 Å². The van der Waals surface area contributed by atoms with E-state index in [1.165, 1.54) is 30.1 Å². The van der Waals surface area contributed by atoms with Crippen molar-refractivity contribution in [2.75, 3.05) is 12.9 Å². The number of benzene rings is 3. The molecule has 0 saturated carbocycles. The van der Waals surface area contributed by atoms with E-state index in [2.05, 4.69) is 20.7 Å². The molecule has 0 aliphatic heterocycles. The second-order valence-corrected chi connectivity index (χ2v) is 8.36. The van der Waals surface area contributed by atoms with Crippen molar-refractivity contribution in [1.29, 1.82) is 0 Å². The van der Waals surface area contributed by atoms with Crippen LogP contribution in [0, 0.1) is 5.82 Å². The van der Waals surface area contributed by atoms with Gasteiger partial charge < -0.3 is 4.74 Å². The van der Waals surface area contributed by atoms with E-state index in [1.54, 1.807) is 31.4 Å². The Bertz CT molecular complexity index is 1310. The SMILES string of the molecule is COc1ccc(-c2nnc(SCC(=O)N/N=C/c3cccc(F)c3)n2-c2ccc(Cl)cc2)cc1. The minimum Gasteiger partial charge on any atom is -0.497 e. The lowest BCUT2D eigenvalue weighted by atomic mass is 10.2. The van der Waals surface area contributed by atoms with Crippen LogP contribution in [-0.4, -0.2) is 39.7 Å². The van der Waals surface area contributed by atoms with Crippen molar-refractivity contribution in [3.8, 4) is 22.8 Å². The highest BCUT2D eigenvalue weighted by Gasteiger charge is 2.17. The first-order valence-corrected chi connectivity index (χ1v) is 11.5. The van der Waals surface area contributed by atoms with Gasteiger partial charge in [-0.1, -0.05) is 35.5 Å². The van der Waals surface area contributed by atoms with Crippen LogP contribution in [-0.2, 0) is 4.79 Å². The van der Waals surface area contributed by atoms with E-state index in [-0.39, 0.29) is 17.5 Å². The summed E-state index contributed by atoms with van der Waals surface area (Å²) in [5.41, 5.74) is 4.61. The first-order valence-electron chi connectivity index (χ1n) is 10.1. The predicted molar refractivity (Wildman–Crippen MR) is 131 cm³/mol. The van der Waals surface area contributed by atoms with Crippen molar-refractivity contribution in [3.05, 3.63) is 89.2 Å². The first kappa shape index (κ1) is 23.5. The molecule has 4 rings (SSSR count). The maximum atomic E-state index is 13.2. The average molecular weight is 496 g/mol. The number of ether oxygens (including phenoxy) is 1. The van der Waals surface area contributed by atoms with Crippen molar-refractivity contribution >= 4 is 35.5 Å². The molecule has 172 valence electrons. The number of rotatable bonds is 8. The molecule has 0 bridgehead atoms. The number of halogens is 2. The minimum atomic E-state index is -0.375. The number of nitrogens with zero attached hydrogens (tertiary/aromatic N) is 4. The summed E-state index contributed by atoms with van der Waals surface area (Å²) >= 11 is 7.27. The highest BCUT2D eigenvalue weighted by atomic mass is 35.5. The number of aromatic nitrogens is 3. The van der Waals surface area contributed by atoms with E-state index >= 15 is 0 Å². The number of hydrogen-bond acceptors (Lipinski definition) is 6. The Balaban J connectivity index is 1.52. The number of amides is 1. The van der Waals surface area contributed by atoms with E-state index in [9.17, 15) is 9.18 Å². The van der Waals surface area contributed by atoms with E-state index in [0.29, 0.717) is 21.6 Å². The number of carbonyl (C=O) groups excluding carboxylic acids is 1. The zero-order chi connectivity index (χ0) is 23.9. The molecule has 0 aliphatic carbocycles. The fraction of sp³-hybridized carbons (Fsp3) is 0.0833. The molecule has 34 heavy (non-hydrogen) atoms. The second kappa shape index (κ2) is 11.0. The van der Waals surface area contributed by atoms with Gasteiger partial charge in [0.05, 0.1) is 19.1 Å². The van der Waals surface area contributed by atoms with Gasteiger partial charge >= 0.3 is 0 Å². The van der Waals surface area contributed by atoms with Crippen molar-refractivity contribution in [2.24, 2.45) is 5.10 Å². The Morgan fingerprint density at radius 1 is 1.15 bits per heavy atom. The monoisotopic (exact) mass is 495 g/mol. The molecule has 0 atom stereocenters. The average Bonchev–Trinajstić information content (AvgIpc) is 3.27. The van der Waals surface area contributed by atoms with Crippen LogP contribution in [0.4, 0.5) is 4.39 Å². The summed E-state index contributed by atoms with van der Waals surface area (Å²) in [5, 5.41) is 13.7. The topological polar surface area (TPSA) is 81.4 Å². The van der Waals surface area contributed by atoms with Crippen molar-refractivity contribution in [3.63, 3.8) is 0 Å². The number of hydrogen-bond donors (Lipinski definition) is 1. The Hall–Kier alpha value is -3.69. The van der Waals surface area contributed by atoms with Crippen LogP contribution in [0.1, 0.15) is 5.56 Å². The fourth-order valence-corrected chi connectivity index (χ4v) is 3.91. The Morgan fingerprint density at radius 3 is 2.62 bits per heavy atom. The molecule has 4 aromatic rings. The highest BCUT2D eigenvalue weighted by molar-refractivity contribution is 7.99. The summed E-state index contributed by atoms with van der Waals surface area (Å²) in [7, 11) is 1.60. The van der Waals surface area contributed by atoms with E-state index < -0.39 is 0 Å². The number of hydrazone groups is 1. The van der Waals surface area contributed by atoms with Gasteiger partial charge in [0.2, 0.25) is 0 Å². The Morgan fingerprint density at radius 2 is 1.91 bits per heavy atom. The summed E-state index contributed by atoms with van der Waals surface area (Å²) in [6, 6.07) is 20.6. The third kappa shape index (κ3) is 5.81. The third-order valence-electron chi connectivity index (χ3n) is 4.65. The zero-order valence-electron chi connectivity index (χ0n) is 18.0. The van der Waals surface area contributed by atoms with Crippen LogP contribution in [0.3, 0.4) is 0 Å². The van der Waals surface area contributed by atoms with Gasteiger partial charge in [0.1, 0.15) is 11.6 Å². The van der Waals surface area contributed by atoms with Gasteiger partial charge in [-0.15, -0.1) is 10.2 Å². The Kier molecular flexibility index (Phi) is 7.56. The van der Waals surface area contributed by atoms with E-state index in [4.69, 9.17) is 16.3 Å².